The number of hydrogen-bond donors (Lipinski definition) is 2. The minimum Gasteiger partial charge on any atom is -0.487 e. The van der Waals surface area contributed by atoms with E-state index in [1.807, 2.05) is 20.8 Å². The lowest BCUT2D eigenvalue weighted by Gasteiger charge is -2.39. The average molecular weight is 267 g/mol. The normalized spacial score (nSPS) is 22.5. The van der Waals surface area contributed by atoms with Crippen molar-refractivity contribution in [3.8, 4) is 5.75 Å². The zero-order valence-electron chi connectivity index (χ0n) is 11.7. The second-order valence-corrected chi connectivity index (χ2v) is 5.88. The first-order valence-electron chi connectivity index (χ1n) is 6.76. The van der Waals surface area contributed by atoms with Gasteiger partial charge in [-0.15, -0.1) is 0 Å². The molecule has 1 unspecified atom stereocenters. The van der Waals surface area contributed by atoms with E-state index in [-0.39, 0.29) is 30.1 Å². The minimum atomic E-state index is -0.322. The highest BCUT2D eigenvalue weighted by Crippen LogP contribution is 2.39. The van der Waals surface area contributed by atoms with Gasteiger partial charge in [0.1, 0.15) is 17.2 Å². The molecule has 0 bridgehead atoms. The number of rotatable bonds is 4. The quantitative estimate of drug-likeness (QED) is 0.881. The Morgan fingerprint density at radius 3 is 2.95 bits per heavy atom. The number of benzene rings is 1. The molecule has 3 nitrogen and oxygen atoms in total. The van der Waals surface area contributed by atoms with Crippen molar-refractivity contribution >= 4 is 0 Å². The Morgan fingerprint density at radius 2 is 2.26 bits per heavy atom. The Hall–Kier alpha value is -1.13. The maximum atomic E-state index is 13.3. The molecule has 0 amide bonds. The van der Waals surface area contributed by atoms with Crippen LogP contribution in [0, 0.1) is 5.82 Å². The zero-order chi connectivity index (χ0) is 14.0. The predicted molar refractivity (Wildman–Crippen MR) is 72.8 cm³/mol. The molecule has 1 aromatic rings. The van der Waals surface area contributed by atoms with Crippen molar-refractivity contribution in [2.45, 2.75) is 51.3 Å². The van der Waals surface area contributed by atoms with Crippen molar-refractivity contribution in [3.63, 3.8) is 0 Å². The number of ether oxygens (including phenoxy) is 1. The molecule has 1 aliphatic heterocycles. The third-order valence-corrected chi connectivity index (χ3v) is 3.48. The van der Waals surface area contributed by atoms with E-state index < -0.39 is 0 Å². The van der Waals surface area contributed by atoms with E-state index in [4.69, 9.17) is 9.84 Å². The molecule has 0 saturated carbocycles. The van der Waals surface area contributed by atoms with Crippen LogP contribution in [0.2, 0.25) is 0 Å². The van der Waals surface area contributed by atoms with E-state index >= 15 is 0 Å². The minimum absolute atomic E-state index is 0.126. The lowest BCUT2D eigenvalue weighted by molar-refractivity contribution is 0.0629. The molecular weight excluding hydrogens is 245 g/mol. The van der Waals surface area contributed by atoms with E-state index in [1.165, 1.54) is 12.1 Å². The van der Waals surface area contributed by atoms with Crippen molar-refractivity contribution in [1.29, 1.82) is 0 Å². The summed E-state index contributed by atoms with van der Waals surface area (Å²) in [5.41, 5.74) is 0.669. The number of aliphatic hydroxyl groups excluding tert-OH is 1. The first-order valence-corrected chi connectivity index (χ1v) is 6.76. The molecule has 4 heteroatoms. The Labute approximate surface area is 113 Å². The fourth-order valence-electron chi connectivity index (χ4n) is 2.59. The molecule has 0 aliphatic carbocycles. The predicted octanol–water partition coefficient (Wildman–Crippen LogP) is 2.79. The van der Waals surface area contributed by atoms with Crippen LogP contribution in [0.15, 0.2) is 18.2 Å². The van der Waals surface area contributed by atoms with Gasteiger partial charge in [0.25, 0.3) is 0 Å². The molecule has 2 N–H and O–H groups in total. The van der Waals surface area contributed by atoms with Crippen LogP contribution >= 0.6 is 0 Å². The molecule has 2 atom stereocenters. The Kier molecular flexibility index (Phi) is 4.11. The molecule has 0 fully saturated rings. The molecule has 106 valence electrons. The SMILES string of the molecule is C[C@H](CCO)NC1CC(C)(C)Oc2cc(F)ccc21. The standard InChI is InChI=1S/C15H22FNO2/c1-10(6-7-18)17-13-9-15(2,3)19-14-8-11(16)4-5-12(13)14/h4-5,8,10,13,17-18H,6-7,9H2,1-3H3/t10-,13?/m1/s1. The highest BCUT2D eigenvalue weighted by atomic mass is 19.1. The fourth-order valence-corrected chi connectivity index (χ4v) is 2.59. The number of hydrogen-bond acceptors (Lipinski definition) is 3. The van der Waals surface area contributed by atoms with Crippen LogP contribution in [0.4, 0.5) is 4.39 Å². The van der Waals surface area contributed by atoms with Gasteiger partial charge in [0.05, 0.1) is 0 Å². The van der Waals surface area contributed by atoms with E-state index in [2.05, 4.69) is 5.32 Å². The van der Waals surface area contributed by atoms with Gasteiger partial charge >= 0.3 is 0 Å². The fraction of sp³-hybridized carbons (Fsp3) is 0.600. The van der Waals surface area contributed by atoms with E-state index in [0.717, 1.165) is 12.0 Å². The van der Waals surface area contributed by atoms with Crippen molar-refractivity contribution < 1.29 is 14.2 Å². The van der Waals surface area contributed by atoms with Crippen LogP contribution in [0.1, 0.15) is 45.2 Å². The number of halogens is 1. The summed E-state index contributed by atoms with van der Waals surface area (Å²) in [7, 11) is 0. The first kappa shape index (κ1) is 14.3. The molecule has 1 heterocycles. The van der Waals surface area contributed by atoms with E-state index in [1.54, 1.807) is 6.07 Å². The summed E-state index contributed by atoms with van der Waals surface area (Å²) in [5, 5.41) is 12.5. The van der Waals surface area contributed by atoms with Crippen LogP contribution in [0.5, 0.6) is 5.75 Å². The highest BCUT2D eigenvalue weighted by Gasteiger charge is 2.34. The largest absolute Gasteiger partial charge is 0.487 e. The number of nitrogens with one attached hydrogen (secondary N) is 1. The van der Waals surface area contributed by atoms with Crippen molar-refractivity contribution in [1.82, 2.24) is 5.32 Å². The van der Waals surface area contributed by atoms with Gasteiger partial charge in [-0.1, -0.05) is 6.07 Å². The lowest BCUT2D eigenvalue weighted by Crippen LogP contribution is -2.42. The molecule has 2 rings (SSSR count). The van der Waals surface area contributed by atoms with E-state index in [9.17, 15) is 4.39 Å². The van der Waals surface area contributed by atoms with Gasteiger partial charge in [-0.05, 0) is 33.3 Å². The van der Waals surface area contributed by atoms with Gasteiger partial charge < -0.3 is 15.2 Å². The smallest absolute Gasteiger partial charge is 0.127 e. The van der Waals surface area contributed by atoms with Gasteiger partial charge in [0.15, 0.2) is 0 Å². The monoisotopic (exact) mass is 267 g/mol. The van der Waals surface area contributed by atoms with Crippen molar-refractivity contribution in [2.75, 3.05) is 6.61 Å². The zero-order valence-corrected chi connectivity index (χ0v) is 11.7. The highest BCUT2D eigenvalue weighted by molar-refractivity contribution is 5.39. The average Bonchev–Trinajstić information content (AvgIpc) is 2.26. The second-order valence-electron chi connectivity index (χ2n) is 5.88. The van der Waals surface area contributed by atoms with Crippen LogP contribution < -0.4 is 10.1 Å². The third kappa shape index (κ3) is 3.45. The van der Waals surface area contributed by atoms with Gasteiger partial charge in [-0.3, -0.25) is 0 Å². The molecule has 0 radical (unpaired) electrons. The third-order valence-electron chi connectivity index (χ3n) is 3.48. The number of fused-ring (bicyclic) bond motifs is 1. The molecular formula is C15H22FNO2. The summed E-state index contributed by atoms with van der Waals surface area (Å²) in [6.07, 6.45) is 1.52. The molecule has 1 aromatic carbocycles. The molecule has 1 aliphatic rings. The summed E-state index contributed by atoms with van der Waals surface area (Å²) >= 11 is 0. The van der Waals surface area contributed by atoms with Crippen LogP contribution in [-0.2, 0) is 0 Å². The number of aliphatic hydroxyl groups is 1. The maximum Gasteiger partial charge on any atom is 0.127 e. The van der Waals surface area contributed by atoms with Crippen LogP contribution in [0.3, 0.4) is 0 Å². The van der Waals surface area contributed by atoms with Gasteiger partial charge in [0.2, 0.25) is 0 Å². The van der Waals surface area contributed by atoms with Crippen LogP contribution in [-0.4, -0.2) is 23.4 Å². The van der Waals surface area contributed by atoms with Crippen molar-refractivity contribution in [2.24, 2.45) is 0 Å². The Morgan fingerprint density at radius 1 is 1.53 bits per heavy atom. The summed E-state index contributed by atoms with van der Waals surface area (Å²) in [4.78, 5) is 0. The topological polar surface area (TPSA) is 41.5 Å². The molecule has 0 aromatic heterocycles. The summed E-state index contributed by atoms with van der Waals surface area (Å²) in [6, 6.07) is 5.03. The van der Waals surface area contributed by atoms with E-state index in [0.29, 0.717) is 12.2 Å². The Bertz CT molecular complexity index is 448. The summed E-state index contributed by atoms with van der Waals surface area (Å²) < 4.78 is 19.2. The van der Waals surface area contributed by atoms with Crippen LogP contribution in [0.25, 0.3) is 0 Å². The molecule has 0 saturated heterocycles. The van der Waals surface area contributed by atoms with Gasteiger partial charge in [0, 0.05) is 36.7 Å². The van der Waals surface area contributed by atoms with Crippen molar-refractivity contribution in [3.05, 3.63) is 29.6 Å². The Balaban J connectivity index is 2.24. The second kappa shape index (κ2) is 5.47. The first-order chi connectivity index (χ1) is 8.91. The van der Waals surface area contributed by atoms with Gasteiger partial charge in [-0.2, -0.15) is 0 Å². The summed E-state index contributed by atoms with van der Waals surface area (Å²) in [5.74, 6) is 0.337. The molecule has 0 spiro atoms. The summed E-state index contributed by atoms with van der Waals surface area (Å²) in [6.45, 7) is 6.22. The molecule has 19 heavy (non-hydrogen) atoms. The maximum absolute atomic E-state index is 13.3. The lowest BCUT2D eigenvalue weighted by atomic mass is 9.89. The van der Waals surface area contributed by atoms with Gasteiger partial charge in [-0.25, -0.2) is 4.39 Å².